The summed E-state index contributed by atoms with van der Waals surface area (Å²) in [6.45, 7) is 13.0. The first-order chi connectivity index (χ1) is 7.90. The van der Waals surface area contributed by atoms with E-state index in [4.69, 9.17) is 0 Å². The zero-order valence-corrected chi connectivity index (χ0v) is 11.8. The minimum atomic E-state index is 0.202. The second-order valence-electron chi connectivity index (χ2n) is 5.71. The predicted molar refractivity (Wildman–Crippen MR) is 75.4 cm³/mol. The maximum Gasteiger partial charge on any atom is 0.0294 e. The fraction of sp³-hybridized carbons (Fsp3) is 0.600. The Labute approximate surface area is 106 Å². The molecule has 0 radical (unpaired) electrons. The van der Waals surface area contributed by atoms with Crippen LogP contribution in [0.15, 0.2) is 24.3 Å². The van der Waals surface area contributed by atoms with Gasteiger partial charge in [0.25, 0.3) is 0 Å². The van der Waals surface area contributed by atoms with Crippen LogP contribution in [0.4, 0.5) is 0 Å². The summed E-state index contributed by atoms with van der Waals surface area (Å²) < 4.78 is 0. The first-order valence-electron chi connectivity index (χ1n) is 6.44. The summed E-state index contributed by atoms with van der Waals surface area (Å²) in [7, 11) is 0. The van der Waals surface area contributed by atoms with Gasteiger partial charge in [-0.25, -0.2) is 0 Å². The molecule has 0 aliphatic carbocycles. The molecular weight excluding hydrogens is 208 g/mol. The van der Waals surface area contributed by atoms with Crippen molar-refractivity contribution in [1.29, 1.82) is 0 Å². The Bertz CT molecular complexity index is 339. The molecule has 2 N–H and O–H groups in total. The summed E-state index contributed by atoms with van der Waals surface area (Å²) in [5, 5.41) is 7.03. The van der Waals surface area contributed by atoms with E-state index in [1.807, 2.05) is 0 Å². The molecule has 0 aliphatic rings. The number of benzene rings is 1. The van der Waals surface area contributed by atoms with E-state index in [0.717, 1.165) is 13.1 Å². The lowest BCUT2D eigenvalue weighted by Gasteiger charge is -2.22. The monoisotopic (exact) mass is 234 g/mol. The smallest absolute Gasteiger partial charge is 0.0294 e. The van der Waals surface area contributed by atoms with Crippen LogP contribution in [0.5, 0.6) is 0 Å². The van der Waals surface area contributed by atoms with Crippen molar-refractivity contribution in [3.63, 3.8) is 0 Å². The minimum Gasteiger partial charge on any atom is -0.311 e. The molecule has 0 fully saturated rings. The van der Waals surface area contributed by atoms with Crippen molar-refractivity contribution >= 4 is 0 Å². The molecule has 0 amide bonds. The minimum absolute atomic E-state index is 0.202. The molecule has 0 bridgehead atoms. The second kappa shape index (κ2) is 6.18. The molecule has 0 aliphatic heterocycles. The lowest BCUT2D eigenvalue weighted by molar-refractivity contribution is 0.414. The average Bonchev–Trinajstić information content (AvgIpc) is 2.23. The molecule has 1 rings (SSSR count). The standard InChI is InChI=1S/C15H26N2/c1-12-8-6-7-9-14(12)13(2)16-10-11-17-15(3,4)5/h6-9,13,16-17H,10-11H2,1-5H3/t13-/m0/s1. The quantitative estimate of drug-likeness (QED) is 0.765. The third-order valence-corrected chi connectivity index (χ3v) is 2.89. The van der Waals surface area contributed by atoms with Gasteiger partial charge in [-0.3, -0.25) is 0 Å². The summed E-state index contributed by atoms with van der Waals surface area (Å²) in [4.78, 5) is 0. The van der Waals surface area contributed by atoms with Crippen LogP contribution in [0.25, 0.3) is 0 Å². The number of hydrogen-bond acceptors (Lipinski definition) is 2. The molecule has 96 valence electrons. The molecule has 0 saturated carbocycles. The highest BCUT2D eigenvalue weighted by Gasteiger charge is 2.09. The van der Waals surface area contributed by atoms with Gasteiger partial charge in [0.05, 0.1) is 0 Å². The summed E-state index contributed by atoms with van der Waals surface area (Å²) in [5.74, 6) is 0. The fourth-order valence-corrected chi connectivity index (χ4v) is 1.91. The molecule has 1 aromatic rings. The van der Waals surface area contributed by atoms with Crippen molar-refractivity contribution in [2.24, 2.45) is 0 Å². The van der Waals surface area contributed by atoms with Crippen molar-refractivity contribution in [1.82, 2.24) is 10.6 Å². The average molecular weight is 234 g/mol. The van der Waals surface area contributed by atoms with Crippen LogP contribution in [-0.4, -0.2) is 18.6 Å². The van der Waals surface area contributed by atoms with E-state index in [2.05, 4.69) is 69.5 Å². The van der Waals surface area contributed by atoms with Gasteiger partial charge in [0.1, 0.15) is 0 Å². The molecule has 1 atom stereocenters. The SMILES string of the molecule is Cc1ccccc1[C@H](C)NCCNC(C)(C)C. The summed E-state index contributed by atoms with van der Waals surface area (Å²) in [6, 6.07) is 8.98. The first-order valence-corrected chi connectivity index (χ1v) is 6.44. The van der Waals surface area contributed by atoms with Crippen molar-refractivity contribution < 1.29 is 0 Å². The summed E-state index contributed by atoms with van der Waals surface area (Å²) in [5.41, 5.74) is 2.95. The van der Waals surface area contributed by atoms with Gasteiger partial charge in [-0.05, 0) is 45.7 Å². The van der Waals surface area contributed by atoms with Crippen molar-refractivity contribution in [3.8, 4) is 0 Å². The Kier molecular flexibility index (Phi) is 5.16. The van der Waals surface area contributed by atoms with Crippen LogP contribution in [0.2, 0.25) is 0 Å². The second-order valence-corrected chi connectivity index (χ2v) is 5.71. The van der Waals surface area contributed by atoms with Crippen LogP contribution in [0, 0.1) is 6.92 Å². The Morgan fingerprint density at radius 3 is 2.35 bits per heavy atom. The Balaban J connectivity index is 2.36. The van der Waals surface area contributed by atoms with Crippen LogP contribution >= 0.6 is 0 Å². The van der Waals surface area contributed by atoms with Crippen LogP contribution in [0.3, 0.4) is 0 Å². The van der Waals surface area contributed by atoms with Gasteiger partial charge >= 0.3 is 0 Å². The molecule has 0 spiro atoms. The van der Waals surface area contributed by atoms with Gasteiger partial charge in [0, 0.05) is 24.7 Å². The molecule has 0 saturated heterocycles. The number of rotatable bonds is 5. The predicted octanol–water partition coefficient (Wildman–Crippen LogP) is 3.03. The van der Waals surface area contributed by atoms with Gasteiger partial charge in [0.2, 0.25) is 0 Å². The molecule has 0 aromatic heterocycles. The summed E-state index contributed by atoms with van der Waals surface area (Å²) in [6.07, 6.45) is 0. The lowest BCUT2D eigenvalue weighted by atomic mass is 10.0. The van der Waals surface area contributed by atoms with Gasteiger partial charge in [-0.15, -0.1) is 0 Å². The van der Waals surface area contributed by atoms with Gasteiger partial charge < -0.3 is 10.6 Å². The van der Waals surface area contributed by atoms with E-state index in [1.165, 1.54) is 11.1 Å². The highest BCUT2D eigenvalue weighted by molar-refractivity contribution is 5.28. The Morgan fingerprint density at radius 2 is 1.76 bits per heavy atom. The van der Waals surface area contributed by atoms with E-state index in [-0.39, 0.29) is 5.54 Å². The molecule has 17 heavy (non-hydrogen) atoms. The largest absolute Gasteiger partial charge is 0.311 e. The molecule has 2 heteroatoms. The van der Waals surface area contributed by atoms with E-state index >= 15 is 0 Å². The third-order valence-electron chi connectivity index (χ3n) is 2.89. The molecule has 1 aromatic carbocycles. The first kappa shape index (κ1) is 14.2. The van der Waals surface area contributed by atoms with Crippen molar-refractivity contribution in [3.05, 3.63) is 35.4 Å². The van der Waals surface area contributed by atoms with Gasteiger partial charge in [-0.2, -0.15) is 0 Å². The van der Waals surface area contributed by atoms with Crippen molar-refractivity contribution in [2.45, 2.75) is 46.2 Å². The lowest BCUT2D eigenvalue weighted by Crippen LogP contribution is -2.40. The summed E-state index contributed by atoms with van der Waals surface area (Å²) >= 11 is 0. The maximum atomic E-state index is 3.55. The Hall–Kier alpha value is -0.860. The topological polar surface area (TPSA) is 24.1 Å². The zero-order valence-electron chi connectivity index (χ0n) is 11.8. The van der Waals surface area contributed by atoms with Gasteiger partial charge in [-0.1, -0.05) is 24.3 Å². The van der Waals surface area contributed by atoms with Crippen LogP contribution < -0.4 is 10.6 Å². The highest BCUT2D eigenvalue weighted by Crippen LogP contribution is 2.15. The maximum absolute atomic E-state index is 3.55. The Morgan fingerprint density at radius 1 is 1.12 bits per heavy atom. The van der Waals surface area contributed by atoms with E-state index in [0.29, 0.717) is 6.04 Å². The van der Waals surface area contributed by atoms with Gasteiger partial charge in [0.15, 0.2) is 0 Å². The number of aryl methyl sites for hydroxylation is 1. The van der Waals surface area contributed by atoms with E-state index in [1.54, 1.807) is 0 Å². The van der Waals surface area contributed by atoms with E-state index in [9.17, 15) is 0 Å². The van der Waals surface area contributed by atoms with Crippen LogP contribution in [-0.2, 0) is 0 Å². The van der Waals surface area contributed by atoms with E-state index < -0.39 is 0 Å². The highest BCUT2D eigenvalue weighted by atomic mass is 15.0. The fourth-order valence-electron chi connectivity index (χ4n) is 1.91. The molecule has 2 nitrogen and oxygen atoms in total. The molecule has 0 heterocycles. The number of nitrogens with one attached hydrogen (secondary N) is 2. The molecular formula is C15H26N2. The molecule has 0 unspecified atom stereocenters. The normalized spacial score (nSPS) is 13.7. The van der Waals surface area contributed by atoms with Crippen LogP contribution in [0.1, 0.15) is 44.9 Å². The zero-order chi connectivity index (χ0) is 12.9. The number of hydrogen-bond donors (Lipinski definition) is 2. The third kappa shape index (κ3) is 5.33. The van der Waals surface area contributed by atoms with Crippen molar-refractivity contribution in [2.75, 3.05) is 13.1 Å².